The molecule has 0 bridgehead atoms. The Morgan fingerprint density at radius 3 is 2.54 bits per heavy atom. The predicted molar refractivity (Wildman–Crippen MR) is 41.6 cm³/mol. The fourth-order valence-electron chi connectivity index (χ4n) is 0.915. The molecule has 0 fully saturated rings. The highest BCUT2D eigenvalue weighted by Gasteiger charge is 2.15. The van der Waals surface area contributed by atoms with Gasteiger partial charge in [0.2, 0.25) is 5.95 Å². The molecule has 1 heterocycles. The Hall–Kier alpha value is -1.10. The molecule has 0 aromatic carbocycles. The maximum Gasteiger partial charge on any atom is 0.249 e. The van der Waals surface area contributed by atoms with Crippen molar-refractivity contribution in [3.8, 4) is 0 Å². The van der Waals surface area contributed by atoms with Crippen molar-refractivity contribution in [2.75, 3.05) is 6.54 Å². The number of aromatic nitrogens is 1. The van der Waals surface area contributed by atoms with Crippen LogP contribution in [0.1, 0.15) is 18.5 Å². The molecule has 0 spiro atoms. The van der Waals surface area contributed by atoms with E-state index in [9.17, 15) is 13.2 Å². The van der Waals surface area contributed by atoms with Gasteiger partial charge in [0.1, 0.15) is 5.82 Å². The minimum Gasteiger partial charge on any atom is -0.330 e. The summed E-state index contributed by atoms with van der Waals surface area (Å²) >= 11 is 0. The Morgan fingerprint density at radius 1 is 1.38 bits per heavy atom. The molecule has 72 valence electrons. The van der Waals surface area contributed by atoms with Crippen LogP contribution < -0.4 is 5.73 Å². The number of nitrogens with zero attached hydrogens (tertiary/aromatic N) is 1. The van der Waals surface area contributed by atoms with Crippen LogP contribution in [0.5, 0.6) is 0 Å². The average molecular weight is 190 g/mol. The Labute approximate surface area is 73.6 Å². The lowest BCUT2D eigenvalue weighted by Gasteiger charge is -2.08. The Bertz CT molecular complexity index is 315. The number of pyridine rings is 1. The SMILES string of the molecule is C[C@@H](CN)c1nc(F)c(F)cc1F. The average Bonchev–Trinajstić information content (AvgIpc) is 2.10. The maximum atomic E-state index is 12.9. The molecule has 1 aromatic rings. The van der Waals surface area contributed by atoms with Crippen LogP contribution in [0.15, 0.2) is 6.07 Å². The molecule has 1 atom stereocenters. The van der Waals surface area contributed by atoms with E-state index in [1.807, 2.05) is 0 Å². The summed E-state index contributed by atoms with van der Waals surface area (Å²) in [7, 11) is 0. The second-order valence-corrected chi connectivity index (χ2v) is 2.76. The van der Waals surface area contributed by atoms with Gasteiger partial charge in [-0.2, -0.15) is 4.39 Å². The normalized spacial score (nSPS) is 13.0. The van der Waals surface area contributed by atoms with E-state index in [2.05, 4.69) is 4.98 Å². The molecule has 0 amide bonds. The molecule has 1 rings (SSSR count). The standard InChI is InChI=1S/C8H9F3N2/c1-4(3-12)7-5(9)2-6(10)8(11)13-7/h2,4H,3,12H2,1H3/t4-/m0/s1. The van der Waals surface area contributed by atoms with Crippen LogP contribution in [-0.4, -0.2) is 11.5 Å². The number of nitrogens with two attached hydrogens (primary N) is 1. The molecule has 2 nitrogen and oxygen atoms in total. The van der Waals surface area contributed by atoms with E-state index in [0.29, 0.717) is 6.07 Å². The Kier molecular flexibility index (Phi) is 2.87. The zero-order chi connectivity index (χ0) is 10.0. The van der Waals surface area contributed by atoms with E-state index in [0.717, 1.165) is 0 Å². The minimum absolute atomic E-state index is 0.134. The second kappa shape index (κ2) is 3.74. The summed E-state index contributed by atoms with van der Waals surface area (Å²) in [6, 6.07) is 0.476. The fourth-order valence-corrected chi connectivity index (χ4v) is 0.915. The third kappa shape index (κ3) is 1.98. The van der Waals surface area contributed by atoms with Gasteiger partial charge in [-0.25, -0.2) is 13.8 Å². The van der Waals surface area contributed by atoms with Crippen molar-refractivity contribution in [3.05, 3.63) is 29.3 Å². The zero-order valence-corrected chi connectivity index (χ0v) is 7.02. The largest absolute Gasteiger partial charge is 0.330 e. The summed E-state index contributed by atoms with van der Waals surface area (Å²) in [5, 5.41) is 0. The second-order valence-electron chi connectivity index (χ2n) is 2.76. The van der Waals surface area contributed by atoms with Crippen LogP contribution in [0.25, 0.3) is 0 Å². The summed E-state index contributed by atoms with van der Waals surface area (Å²) in [6.07, 6.45) is 0. The Balaban J connectivity index is 3.15. The molecule has 0 aliphatic heterocycles. The molecule has 0 radical (unpaired) electrons. The first-order valence-electron chi connectivity index (χ1n) is 3.77. The quantitative estimate of drug-likeness (QED) is 0.719. The van der Waals surface area contributed by atoms with Crippen LogP contribution in [0.2, 0.25) is 0 Å². The number of hydrogen-bond acceptors (Lipinski definition) is 2. The van der Waals surface area contributed by atoms with E-state index < -0.39 is 23.5 Å². The summed E-state index contributed by atoms with van der Waals surface area (Å²) < 4.78 is 37.9. The molecule has 1 aromatic heterocycles. The van der Waals surface area contributed by atoms with Gasteiger partial charge in [0.25, 0.3) is 0 Å². The highest BCUT2D eigenvalue weighted by atomic mass is 19.2. The molecule has 0 saturated carbocycles. The summed E-state index contributed by atoms with van der Waals surface area (Å²) in [5.74, 6) is -3.87. The summed E-state index contributed by atoms with van der Waals surface area (Å²) in [4.78, 5) is 3.15. The third-order valence-electron chi connectivity index (χ3n) is 1.73. The van der Waals surface area contributed by atoms with Crippen LogP contribution in [-0.2, 0) is 0 Å². The molecule has 13 heavy (non-hydrogen) atoms. The van der Waals surface area contributed by atoms with Gasteiger partial charge in [-0.1, -0.05) is 6.92 Å². The lowest BCUT2D eigenvalue weighted by molar-refractivity contribution is 0.450. The molecule has 2 N–H and O–H groups in total. The van der Waals surface area contributed by atoms with Crippen LogP contribution in [0.3, 0.4) is 0 Å². The molecule has 5 heteroatoms. The fraction of sp³-hybridized carbons (Fsp3) is 0.375. The van der Waals surface area contributed by atoms with Gasteiger partial charge < -0.3 is 5.73 Å². The van der Waals surface area contributed by atoms with Gasteiger partial charge in [-0.3, -0.25) is 0 Å². The number of hydrogen-bond donors (Lipinski definition) is 1. The van der Waals surface area contributed by atoms with E-state index >= 15 is 0 Å². The van der Waals surface area contributed by atoms with E-state index in [1.54, 1.807) is 6.92 Å². The molecule has 0 saturated heterocycles. The first-order valence-corrected chi connectivity index (χ1v) is 3.77. The molecule has 0 aliphatic carbocycles. The van der Waals surface area contributed by atoms with Crippen molar-refractivity contribution in [2.24, 2.45) is 5.73 Å². The van der Waals surface area contributed by atoms with E-state index in [-0.39, 0.29) is 12.2 Å². The highest BCUT2D eigenvalue weighted by molar-refractivity contribution is 5.13. The molecular formula is C8H9F3N2. The predicted octanol–water partition coefficient (Wildman–Crippen LogP) is 1.56. The topological polar surface area (TPSA) is 38.9 Å². The van der Waals surface area contributed by atoms with Crippen molar-refractivity contribution >= 4 is 0 Å². The lowest BCUT2D eigenvalue weighted by atomic mass is 10.1. The Morgan fingerprint density at radius 2 is 2.00 bits per heavy atom. The van der Waals surface area contributed by atoms with Crippen molar-refractivity contribution in [1.29, 1.82) is 0 Å². The van der Waals surface area contributed by atoms with Gasteiger partial charge in [0, 0.05) is 18.5 Å². The van der Waals surface area contributed by atoms with Crippen molar-refractivity contribution < 1.29 is 13.2 Å². The third-order valence-corrected chi connectivity index (χ3v) is 1.73. The van der Waals surface area contributed by atoms with Gasteiger partial charge in [0.15, 0.2) is 5.82 Å². The van der Waals surface area contributed by atoms with Crippen molar-refractivity contribution in [2.45, 2.75) is 12.8 Å². The van der Waals surface area contributed by atoms with E-state index in [1.165, 1.54) is 0 Å². The van der Waals surface area contributed by atoms with Crippen LogP contribution in [0, 0.1) is 17.6 Å². The van der Waals surface area contributed by atoms with E-state index in [4.69, 9.17) is 5.73 Å². The highest BCUT2D eigenvalue weighted by Crippen LogP contribution is 2.17. The summed E-state index contributed by atoms with van der Waals surface area (Å²) in [6.45, 7) is 1.72. The first-order chi connectivity index (χ1) is 6.06. The minimum atomic E-state index is -1.29. The molecular weight excluding hydrogens is 181 g/mol. The van der Waals surface area contributed by atoms with Crippen LogP contribution >= 0.6 is 0 Å². The molecule has 0 aliphatic rings. The number of rotatable bonds is 2. The molecule has 0 unspecified atom stereocenters. The van der Waals surface area contributed by atoms with Crippen molar-refractivity contribution in [3.63, 3.8) is 0 Å². The first kappa shape index (κ1) is 9.98. The van der Waals surface area contributed by atoms with Crippen molar-refractivity contribution in [1.82, 2.24) is 4.98 Å². The van der Waals surface area contributed by atoms with Gasteiger partial charge >= 0.3 is 0 Å². The lowest BCUT2D eigenvalue weighted by Crippen LogP contribution is -2.13. The smallest absolute Gasteiger partial charge is 0.249 e. The van der Waals surface area contributed by atoms with Gasteiger partial charge in [0.05, 0.1) is 5.69 Å². The summed E-state index contributed by atoms with van der Waals surface area (Å²) in [5.41, 5.74) is 5.10. The van der Waals surface area contributed by atoms with Gasteiger partial charge in [-0.15, -0.1) is 0 Å². The number of halogens is 3. The maximum absolute atomic E-state index is 12.9. The van der Waals surface area contributed by atoms with Crippen LogP contribution in [0.4, 0.5) is 13.2 Å². The van der Waals surface area contributed by atoms with Gasteiger partial charge in [-0.05, 0) is 0 Å². The monoisotopic (exact) mass is 190 g/mol. The zero-order valence-electron chi connectivity index (χ0n) is 7.02.